The first kappa shape index (κ1) is 18.4. The average Bonchev–Trinajstić information content (AvgIpc) is 3.10. The summed E-state index contributed by atoms with van der Waals surface area (Å²) in [7, 11) is -3.20. The molecule has 140 valence electrons. The number of oxazole rings is 1. The van der Waals surface area contributed by atoms with Crippen molar-refractivity contribution in [1.29, 1.82) is 0 Å². The van der Waals surface area contributed by atoms with Crippen molar-refractivity contribution in [2.75, 3.05) is 11.6 Å². The van der Waals surface area contributed by atoms with Gasteiger partial charge in [-0.1, -0.05) is 18.9 Å². The molecule has 0 bridgehead atoms. The van der Waals surface area contributed by atoms with Crippen molar-refractivity contribution in [2.45, 2.75) is 43.9 Å². The average molecular weight is 377 g/mol. The minimum atomic E-state index is -3.20. The van der Waals surface area contributed by atoms with E-state index in [1.54, 1.807) is 12.3 Å². The Kier molecular flexibility index (Phi) is 5.31. The Balaban J connectivity index is 1.73. The van der Waals surface area contributed by atoms with Crippen molar-refractivity contribution in [3.05, 3.63) is 36.2 Å². The van der Waals surface area contributed by atoms with Crippen molar-refractivity contribution >= 4 is 21.6 Å². The predicted molar refractivity (Wildman–Crippen MR) is 99.7 cm³/mol. The summed E-state index contributed by atoms with van der Waals surface area (Å²) in [6, 6.07) is 4.69. The van der Waals surface area contributed by atoms with Gasteiger partial charge in [0, 0.05) is 23.5 Å². The Morgan fingerprint density at radius 2 is 2.04 bits per heavy atom. The number of carbonyl (C=O) groups is 1. The minimum absolute atomic E-state index is 0.367. The molecule has 1 aromatic heterocycles. The lowest BCUT2D eigenvalue weighted by Gasteiger charge is -2.30. The summed E-state index contributed by atoms with van der Waals surface area (Å²) in [6.45, 7) is 1.87. The van der Waals surface area contributed by atoms with E-state index in [0.29, 0.717) is 24.4 Å². The maximum Gasteiger partial charge on any atom is 0.319 e. The zero-order chi connectivity index (χ0) is 18.7. The zero-order valence-corrected chi connectivity index (χ0v) is 15.7. The Hall–Kier alpha value is -2.35. The highest BCUT2D eigenvalue weighted by Gasteiger charge is 2.33. The van der Waals surface area contributed by atoms with Gasteiger partial charge in [-0.25, -0.2) is 18.2 Å². The predicted octanol–water partition coefficient (Wildman–Crippen LogP) is 3.13. The first-order valence-electron chi connectivity index (χ1n) is 8.62. The Bertz CT molecular complexity index is 878. The third kappa shape index (κ3) is 4.07. The fourth-order valence-electron chi connectivity index (χ4n) is 3.46. The van der Waals surface area contributed by atoms with E-state index in [0.717, 1.165) is 24.0 Å². The van der Waals surface area contributed by atoms with E-state index in [1.807, 2.05) is 19.1 Å². The summed E-state index contributed by atoms with van der Waals surface area (Å²) in [5, 5.41) is 5.13. The van der Waals surface area contributed by atoms with E-state index >= 15 is 0 Å². The second kappa shape index (κ2) is 7.49. The molecule has 1 aliphatic rings. The number of benzene rings is 1. The molecule has 26 heavy (non-hydrogen) atoms. The smallest absolute Gasteiger partial charge is 0.319 e. The molecular weight excluding hydrogens is 354 g/mol. The number of carbonyl (C=O) groups excluding carboxylic acids is 1. The number of anilines is 1. The van der Waals surface area contributed by atoms with Gasteiger partial charge in [0.25, 0.3) is 0 Å². The number of sulfone groups is 1. The third-order valence-corrected chi connectivity index (χ3v) is 6.48. The van der Waals surface area contributed by atoms with E-state index in [2.05, 4.69) is 15.6 Å². The highest BCUT2D eigenvalue weighted by Crippen LogP contribution is 2.28. The van der Waals surface area contributed by atoms with Crippen LogP contribution in [-0.4, -0.2) is 37.0 Å². The van der Waals surface area contributed by atoms with Crippen molar-refractivity contribution in [2.24, 2.45) is 0 Å². The summed E-state index contributed by atoms with van der Waals surface area (Å²) < 4.78 is 29.3. The van der Waals surface area contributed by atoms with Gasteiger partial charge in [0.2, 0.25) is 5.89 Å². The normalized spacial score (nSPS) is 20.5. The van der Waals surface area contributed by atoms with Crippen molar-refractivity contribution in [1.82, 2.24) is 10.3 Å². The molecule has 1 aliphatic carbocycles. The molecule has 2 N–H and O–H groups in total. The summed E-state index contributed by atoms with van der Waals surface area (Å²) in [6.07, 6.45) is 7.33. The van der Waals surface area contributed by atoms with Gasteiger partial charge >= 0.3 is 6.03 Å². The van der Waals surface area contributed by atoms with Crippen LogP contribution >= 0.6 is 0 Å². The SMILES string of the molecule is Cc1c(NC(=O)N[C@@H]2CCCC[C@H]2S(C)(=O)=O)cccc1-c1ncco1. The second-order valence-electron chi connectivity index (χ2n) is 6.67. The van der Waals surface area contributed by atoms with Gasteiger partial charge in [-0.3, -0.25) is 0 Å². The highest BCUT2D eigenvalue weighted by atomic mass is 32.2. The molecule has 0 radical (unpaired) electrons. The van der Waals surface area contributed by atoms with E-state index in [4.69, 9.17) is 4.42 Å². The summed E-state index contributed by atoms with van der Waals surface area (Å²) >= 11 is 0. The Morgan fingerprint density at radius 1 is 1.27 bits per heavy atom. The lowest BCUT2D eigenvalue weighted by atomic mass is 9.95. The zero-order valence-electron chi connectivity index (χ0n) is 14.9. The van der Waals surface area contributed by atoms with Crippen LogP contribution in [0.25, 0.3) is 11.5 Å². The molecule has 0 aliphatic heterocycles. The second-order valence-corrected chi connectivity index (χ2v) is 8.94. The van der Waals surface area contributed by atoms with Crippen LogP contribution in [0, 0.1) is 6.92 Å². The van der Waals surface area contributed by atoms with Crippen LogP contribution in [0.1, 0.15) is 31.2 Å². The molecule has 0 unspecified atom stereocenters. The molecule has 1 saturated carbocycles. The molecule has 0 saturated heterocycles. The van der Waals surface area contributed by atoms with Gasteiger partial charge in [0.05, 0.1) is 11.4 Å². The maximum atomic E-state index is 12.4. The van der Waals surface area contributed by atoms with Crippen LogP contribution in [0.4, 0.5) is 10.5 Å². The number of nitrogens with one attached hydrogen (secondary N) is 2. The standard InChI is InChI=1S/C18H23N3O4S/c1-12-13(17-19-10-11-25-17)6-5-8-14(12)20-18(22)21-15-7-3-4-9-16(15)26(2,23)24/h5-6,8,10-11,15-16H,3-4,7,9H2,1-2H3,(H2,20,21,22)/t15-,16-/m1/s1. The molecule has 1 aromatic carbocycles. The number of aromatic nitrogens is 1. The van der Waals surface area contributed by atoms with E-state index in [-0.39, 0.29) is 6.04 Å². The van der Waals surface area contributed by atoms with Crippen LogP contribution < -0.4 is 10.6 Å². The largest absolute Gasteiger partial charge is 0.445 e. The van der Waals surface area contributed by atoms with Crippen molar-refractivity contribution in [3.63, 3.8) is 0 Å². The number of urea groups is 1. The first-order valence-corrected chi connectivity index (χ1v) is 10.6. The quantitative estimate of drug-likeness (QED) is 0.852. The fraction of sp³-hybridized carbons (Fsp3) is 0.444. The van der Waals surface area contributed by atoms with Gasteiger partial charge in [-0.15, -0.1) is 0 Å². The summed E-state index contributed by atoms with van der Waals surface area (Å²) in [4.78, 5) is 16.6. The highest BCUT2D eigenvalue weighted by molar-refractivity contribution is 7.91. The molecule has 7 nitrogen and oxygen atoms in total. The third-order valence-electron chi connectivity index (χ3n) is 4.81. The Morgan fingerprint density at radius 3 is 2.73 bits per heavy atom. The molecule has 1 heterocycles. The van der Waals surface area contributed by atoms with Crippen LogP contribution in [-0.2, 0) is 9.84 Å². The number of hydrogen-bond acceptors (Lipinski definition) is 5. The molecule has 2 atom stereocenters. The van der Waals surface area contributed by atoms with E-state index in [1.165, 1.54) is 12.5 Å². The molecule has 2 aromatic rings. The molecular formula is C18H23N3O4S. The van der Waals surface area contributed by atoms with Crippen LogP contribution in [0.5, 0.6) is 0 Å². The molecule has 3 rings (SSSR count). The molecule has 8 heteroatoms. The number of hydrogen-bond donors (Lipinski definition) is 2. The van der Waals surface area contributed by atoms with Gasteiger partial charge in [-0.05, 0) is 37.5 Å². The van der Waals surface area contributed by atoms with Gasteiger partial charge < -0.3 is 15.1 Å². The first-order chi connectivity index (χ1) is 12.4. The van der Waals surface area contributed by atoms with Crippen molar-refractivity contribution in [3.8, 4) is 11.5 Å². The van der Waals surface area contributed by atoms with Gasteiger partial charge in [-0.2, -0.15) is 0 Å². The van der Waals surface area contributed by atoms with Gasteiger partial charge in [0.15, 0.2) is 9.84 Å². The summed E-state index contributed by atoms with van der Waals surface area (Å²) in [5.74, 6) is 0.482. The topological polar surface area (TPSA) is 101 Å². The minimum Gasteiger partial charge on any atom is -0.445 e. The number of rotatable bonds is 4. The lowest BCUT2D eigenvalue weighted by Crippen LogP contribution is -2.49. The molecule has 2 amide bonds. The Labute approximate surface area is 153 Å². The molecule has 0 spiro atoms. The monoisotopic (exact) mass is 377 g/mol. The maximum absolute atomic E-state index is 12.4. The molecule has 1 fully saturated rings. The van der Waals surface area contributed by atoms with Crippen LogP contribution in [0.15, 0.2) is 35.1 Å². The van der Waals surface area contributed by atoms with E-state index in [9.17, 15) is 13.2 Å². The van der Waals surface area contributed by atoms with Crippen LogP contribution in [0.3, 0.4) is 0 Å². The van der Waals surface area contributed by atoms with E-state index < -0.39 is 21.1 Å². The number of amides is 2. The van der Waals surface area contributed by atoms with Crippen LogP contribution in [0.2, 0.25) is 0 Å². The fourth-order valence-corrected chi connectivity index (χ4v) is 4.86. The number of nitrogens with zero attached hydrogens (tertiary/aromatic N) is 1. The van der Waals surface area contributed by atoms with Crippen molar-refractivity contribution < 1.29 is 17.6 Å². The lowest BCUT2D eigenvalue weighted by molar-refractivity contribution is 0.244. The van der Waals surface area contributed by atoms with Gasteiger partial charge in [0.1, 0.15) is 6.26 Å². The summed E-state index contributed by atoms with van der Waals surface area (Å²) in [5.41, 5.74) is 2.25.